The number of nitrogens with one attached hydrogen (secondary N) is 1. The molecule has 0 saturated carbocycles. The molecule has 5 nitrogen and oxygen atoms in total. The van der Waals surface area contributed by atoms with Gasteiger partial charge in [-0.15, -0.1) is 0 Å². The van der Waals surface area contributed by atoms with Crippen molar-refractivity contribution in [1.29, 1.82) is 5.26 Å². The fourth-order valence-corrected chi connectivity index (χ4v) is 1.54. The van der Waals surface area contributed by atoms with Crippen LogP contribution in [0.2, 0.25) is 0 Å². The zero-order valence-electron chi connectivity index (χ0n) is 9.47. The summed E-state index contributed by atoms with van der Waals surface area (Å²) in [5.41, 5.74) is 0. The number of hydrogen-bond donors (Lipinski definition) is 1. The predicted molar refractivity (Wildman–Crippen MR) is 62.0 cm³/mol. The van der Waals surface area contributed by atoms with Crippen LogP contribution in [0.5, 0.6) is 0 Å². The highest BCUT2D eigenvalue weighted by atomic mass is 16.3. The molecule has 1 N–H and O–H groups in total. The second-order valence-electron chi connectivity index (χ2n) is 3.68. The van der Waals surface area contributed by atoms with Gasteiger partial charge in [0.15, 0.2) is 0 Å². The van der Waals surface area contributed by atoms with E-state index in [9.17, 15) is 0 Å². The number of nitriles is 1. The standard InChI is InChI=1S/C12H14N4O/c13-9-11-3-4-12(17-11)10-14-5-1-7-16-8-2-6-15-16/h2-4,6,8,14H,1,5,7,10H2. The second-order valence-corrected chi connectivity index (χ2v) is 3.68. The van der Waals surface area contributed by atoms with Crippen molar-refractivity contribution in [3.05, 3.63) is 42.1 Å². The Labute approximate surface area is 99.7 Å². The van der Waals surface area contributed by atoms with Crippen molar-refractivity contribution >= 4 is 0 Å². The fourth-order valence-electron chi connectivity index (χ4n) is 1.54. The average molecular weight is 230 g/mol. The Hall–Kier alpha value is -2.06. The Morgan fingerprint density at radius 2 is 2.41 bits per heavy atom. The Morgan fingerprint density at radius 3 is 3.12 bits per heavy atom. The van der Waals surface area contributed by atoms with Crippen LogP contribution in [0.4, 0.5) is 0 Å². The van der Waals surface area contributed by atoms with Crippen LogP contribution >= 0.6 is 0 Å². The number of furan rings is 1. The molecule has 0 atom stereocenters. The van der Waals surface area contributed by atoms with Crippen molar-refractivity contribution in [2.24, 2.45) is 0 Å². The molecule has 0 spiro atoms. The number of aromatic nitrogens is 2. The van der Waals surface area contributed by atoms with E-state index in [-0.39, 0.29) is 0 Å². The van der Waals surface area contributed by atoms with Gasteiger partial charge in [0.25, 0.3) is 0 Å². The highest BCUT2D eigenvalue weighted by Crippen LogP contribution is 2.05. The van der Waals surface area contributed by atoms with E-state index in [2.05, 4.69) is 10.4 Å². The summed E-state index contributed by atoms with van der Waals surface area (Å²) in [5.74, 6) is 1.15. The summed E-state index contributed by atoms with van der Waals surface area (Å²) in [6, 6.07) is 7.38. The van der Waals surface area contributed by atoms with E-state index in [4.69, 9.17) is 9.68 Å². The largest absolute Gasteiger partial charge is 0.449 e. The van der Waals surface area contributed by atoms with Crippen LogP contribution in [-0.2, 0) is 13.1 Å². The van der Waals surface area contributed by atoms with E-state index in [1.807, 2.05) is 29.1 Å². The Morgan fingerprint density at radius 1 is 1.47 bits per heavy atom. The summed E-state index contributed by atoms with van der Waals surface area (Å²) in [5, 5.41) is 16.0. The van der Waals surface area contributed by atoms with Crippen LogP contribution in [0, 0.1) is 11.3 Å². The van der Waals surface area contributed by atoms with Gasteiger partial charge in [-0.2, -0.15) is 10.4 Å². The quantitative estimate of drug-likeness (QED) is 0.764. The minimum atomic E-state index is 0.360. The highest BCUT2D eigenvalue weighted by Gasteiger charge is 1.99. The van der Waals surface area contributed by atoms with Crippen molar-refractivity contribution in [2.75, 3.05) is 6.54 Å². The lowest BCUT2D eigenvalue weighted by Crippen LogP contribution is -2.16. The van der Waals surface area contributed by atoms with Crippen molar-refractivity contribution in [3.63, 3.8) is 0 Å². The van der Waals surface area contributed by atoms with Crippen LogP contribution in [0.25, 0.3) is 0 Å². The molecule has 2 heterocycles. The molecule has 0 bridgehead atoms. The molecule has 5 heteroatoms. The van der Waals surface area contributed by atoms with E-state index in [1.165, 1.54) is 0 Å². The molecular weight excluding hydrogens is 216 g/mol. The minimum absolute atomic E-state index is 0.360. The molecule has 0 aliphatic carbocycles. The third-order valence-corrected chi connectivity index (χ3v) is 2.37. The third kappa shape index (κ3) is 3.47. The predicted octanol–water partition coefficient (Wildman–Crippen LogP) is 1.53. The van der Waals surface area contributed by atoms with Crippen LogP contribution in [0.15, 0.2) is 35.0 Å². The van der Waals surface area contributed by atoms with E-state index in [0.29, 0.717) is 12.3 Å². The summed E-state index contributed by atoms with van der Waals surface area (Å²) >= 11 is 0. The van der Waals surface area contributed by atoms with Gasteiger partial charge in [-0.1, -0.05) is 0 Å². The Kier molecular flexibility index (Phi) is 3.95. The topological polar surface area (TPSA) is 66.8 Å². The summed E-state index contributed by atoms with van der Waals surface area (Å²) in [7, 11) is 0. The van der Waals surface area contributed by atoms with Gasteiger partial charge in [-0.05, 0) is 31.2 Å². The van der Waals surface area contributed by atoms with Crippen molar-refractivity contribution < 1.29 is 4.42 Å². The summed E-state index contributed by atoms with van der Waals surface area (Å²) in [6.07, 6.45) is 4.74. The first-order valence-electron chi connectivity index (χ1n) is 5.55. The Bertz CT molecular complexity index is 481. The third-order valence-electron chi connectivity index (χ3n) is 2.37. The van der Waals surface area contributed by atoms with E-state index in [1.54, 1.807) is 12.3 Å². The van der Waals surface area contributed by atoms with Gasteiger partial charge in [-0.25, -0.2) is 0 Å². The molecule has 0 unspecified atom stereocenters. The van der Waals surface area contributed by atoms with E-state index in [0.717, 1.165) is 25.3 Å². The molecule has 0 radical (unpaired) electrons. The lowest BCUT2D eigenvalue weighted by molar-refractivity contribution is 0.464. The summed E-state index contributed by atoms with van der Waals surface area (Å²) in [4.78, 5) is 0. The molecule has 2 rings (SSSR count). The molecule has 17 heavy (non-hydrogen) atoms. The number of hydrogen-bond acceptors (Lipinski definition) is 4. The monoisotopic (exact) mass is 230 g/mol. The van der Waals surface area contributed by atoms with E-state index >= 15 is 0 Å². The molecule has 2 aromatic rings. The van der Waals surface area contributed by atoms with Crippen LogP contribution < -0.4 is 5.32 Å². The van der Waals surface area contributed by atoms with Gasteiger partial charge in [0.05, 0.1) is 6.54 Å². The maximum Gasteiger partial charge on any atom is 0.203 e. The zero-order valence-corrected chi connectivity index (χ0v) is 9.47. The first-order chi connectivity index (χ1) is 8.38. The Balaban J connectivity index is 1.62. The molecule has 0 fully saturated rings. The van der Waals surface area contributed by atoms with Crippen LogP contribution in [0.1, 0.15) is 17.9 Å². The number of nitrogens with zero attached hydrogens (tertiary/aromatic N) is 3. The van der Waals surface area contributed by atoms with Crippen molar-refractivity contribution in [1.82, 2.24) is 15.1 Å². The van der Waals surface area contributed by atoms with Crippen LogP contribution in [0.3, 0.4) is 0 Å². The maximum atomic E-state index is 8.59. The van der Waals surface area contributed by atoms with Gasteiger partial charge in [0.1, 0.15) is 11.8 Å². The summed E-state index contributed by atoms with van der Waals surface area (Å²) < 4.78 is 7.15. The highest BCUT2D eigenvalue weighted by molar-refractivity contribution is 5.18. The van der Waals surface area contributed by atoms with Gasteiger partial charge in [-0.3, -0.25) is 4.68 Å². The first kappa shape index (κ1) is 11.4. The summed E-state index contributed by atoms with van der Waals surface area (Å²) in [6.45, 7) is 2.45. The maximum absolute atomic E-state index is 8.59. The van der Waals surface area contributed by atoms with Gasteiger partial charge in [0, 0.05) is 18.9 Å². The molecule has 0 aliphatic rings. The van der Waals surface area contributed by atoms with Crippen molar-refractivity contribution in [3.8, 4) is 6.07 Å². The molecule has 0 saturated heterocycles. The molecule has 2 aromatic heterocycles. The van der Waals surface area contributed by atoms with Gasteiger partial charge >= 0.3 is 0 Å². The number of rotatable bonds is 6. The zero-order chi connectivity index (χ0) is 11.9. The first-order valence-corrected chi connectivity index (χ1v) is 5.55. The van der Waals surface area contributed by atoms with Gasteiger partial charge in [0.2, 0.25) is 5.76 Å². The average Bonchev–Trinajstić information content (AvgIpc) is 2.99. The number of aryl methyl sites for hydroxylation is 1. The SMILES string of the molecule is N#Cc1ccc(CNCCCn2cccn2)o1. The van der Waals surface area contributed by atoms with Crippen molar-refractivity contribution in [2.45, 2.75) is 19.5 Å². The lowest BCUT2D eigenvalue weighted by Gasteiger charge is -2.03. The molecule has 0 amide bonds. The normalized spacial score (nSPS) is 10.3. The molecule has 88 valence electrons. The molecular formula is C12H14N4O. The van der Waals surface area contributed by atoms with Gasteiger partial charge < -0.3 is 9.73 Å². The van der Waals surface area contributed by atoms with Crippen LogP contribution in [-0.4, -0.2) is 16.3 Å². The second kappa shape index (κ2) is 5.87. The fraction of sp³-hybridized carbons (Fsp3) is 0.333. The lowest BCUT2D eigenvalue weighted by atomic mass is 10.4. The minimum Gasteiger partial charge on any atom is -0.449 e. The van der Waals surface area contributed by atoms with E-state index < -0.39 is 0 Å². The smallest absolute Gasteiger partial charge is 0.203 e. The molecule has 0 aliphatic heterocycles. The molecule has 0 aromatic carbocycles.